The van der Waals surface area contributed by atoms with Crippen molar-refractivity contribution in [2.75, 3.05) is 18.4 Å². The second-order valence-electron chi connectivity index (χ2n) is 8.88. The van der Waals surface area contributed by atoms with E-state index >= 15 is 0 Å². The van der Waals surface area contributed by atoms with E-state index in [-0.39, 0.29) is 12.0 Å². The van der Waals surface area contributed by atoms with Gasteiger partial charge in [-0.3, -0.25) is 0 Å². The number of pyridine rings is 2. The van der Waals surface area contributed by atoms with E-state index in [1.807, 2.05) is 26.0 Å². The van der Waals surface area contributed by atoms with Gasteiger partial charge in [0.15, 0.2) is 17.2 Å². The highest BCUT2D eigenvalue weighted by Crippen LogP contribution is 2.34. The van der Waals surface area contributed by atoms with Crippen LogP contribution in [0.1, 0.15) is 43.9 Å². The fourth-order valence-corrected chi connectivity index (χ4v) is 4.34. The van der Waals surface area contributed by atoms with E-state index in [1.165, 1.54) is 11.1 Å². The molecule has 1 aliphatic rings. The maximum absolute atomic E-state index is 11.4. The van der Waals surface area contributed by atoms with Crippen LogP contribution in [0.15, 0.2) is 41.3 Å². The van der Waals surface area contributed by atoms with Gasteiger partial charge in [0.25, 0.3) is 0 Å². The first-order valence-corrected chi connectivity index (χ1v) is 11.4. The van der Waals surface area contributed by atoms with Crippen molar-refractivity contribution in [3.63, 3.8) is 0 Å². The average Bonchev–Trinajstić information content (AvgIpc) is 3.51. The Morgan fingerprint density at radius 1 is 1.26 bits per heavy atom. The minimum absolute atomic E-state index is 0.00842. The molecule has 5 heterocycles. The molecule has 0 radical (unpaired) electrons. The number of nitriles is 1. The summed E-state index contributed by atoms with van der Waals surface area (Å²) in [6, 6.07) is 7.70. The van der Waals surface area contributed by atoms with Crippen molar-refractivity contribution in [1.82, 2.24) is 29.8 Å². The first-order chi connectivity index (χ1) is 16.9. The normalized spacial score (nSPS) is 15.9. The highest BCUT2D eigenvalue weighted by Gasteiger charge is 2.27. The lowest BCUT2D eigenvalue weighted by atomic mass is 9.94. The molecular formula is C24H24N8O3. The fourth-order valence-electron chi connectivity index (χ4n) is 4.34. The zero-order chi connectivity index (χ0) is 24.5. The van der Waals surface area contributed by atoms with Crippen molar-refractivity contribution < 1.29 is 14.4 Å². The van der Waals surface area contributed by atoms with Crippen LogP contribution in [0.5, 0.6) is 0 Å². The number of fused-ring (bicyclic) bond motifs is 1. The van der Waals surface area contributed by atoms with Crippen LogP contribution < -0.4 is 5.32 Å². The number of aromatic nitrogens is 5. The van der Waals surface area contributed by atoms with E-state index in [2.05, 4.69) is 31.6 Å². The number of anilines is 1. The number of rotatable bonds is 5. The number of hydrogen-bond acceptors (Lipinski definition) is 8. The third-order valence-corrected chi connectivity index (χ3v) is 5.99. The summed E-state index contributed by atoms with van der Waals surface area (Å²) in [6.45, 7) is 5.01. The van der Waals surface area contributed by atoms with Crippen molar-refractivity contribution in [3.8, 4) is 23.2 Å². The second kappa shape index (κ2) is 9.06. The molecule has 1 fully saturated rings. The third kappa shape index (κ3) is 4.38. The van der Waals surface area contributed by atoms with Crippen LogP contribution in [0.25, 0.3) is 28.2 Å². The molecule has 0 saturated carbocycles. The zero-order valence-electron chi connectivity index (χ0n) is 19.3. The van der Waals surface area contributed by atoms with Crippen molar-refractivity contribution >= 4 is 22.8 Å². The predicted molar refractivity (Wildman–Crippen MR) is 127 cm³/mol. The first-order valence-electron chi connectivity index (χ1n) is 11.4. The third-order valence-electron chi connectivity index (χ3n) is 5.99. The molecule has 35 heavy (non-hydrogen) atoms. The Morgan fingerprint density at radius 3 is 2.89 bits per heavy atom. The van der Waals surface area contributed by atoms with Gasteiger partial charge in [0.2, 0.25) is 0 Å². The Hall–Kier alpha value is -4.46. The van der Waals surface area contributed by atoms with Crippen molar-refractivity contribution in [3.05, 3.63) is 48.0 Å². The van der Waals surface area contributed by atoms with E-state index < -0.39 is 6.09 Å². The molecular weight excluding hydrogens is 448 g/mol. The predicted octanol–water partition coefficient (Wildman–Crippen LogP) is 4.02. The summed E-state index contributed by atoms with van der Waals surface area (Å²) in [4.78, 5) is 21.8. The average molecular weight is 473 g/mol. The van der Waals surface area contributed by atoms with Gasteiger partial charge in [0.1, 0.15) is 6.07 Å². The maximum Gasteiger partial charge on any atom is 0.407 e. The first kappa shape index (κ1) is 22.3. The van der Waals surface area contributed by atoms with Crippen LogP contribution in [-0.4, -0.2) is 60.1 Å². The minimum Gasteiger partial charge on any atom is -0.465 e. The van der Waals surface area contributed by atoms with E-state index in [0.717, 1.165) is 35.2 Å². The van der Waals surface area contributed by atoms with Gasteiger partial charge in [-0.1, -0.05) is 5.16 Å². The molecule has 4 aromatic rings. The van der Waals surface area contributed by atoms with Gasteiger partial charge in [-0.05, 0) is 32.8 Å². The molecule has 1 saturated heterocycles. The van der Waals surface area contributed by atoms with Gasteiger partial charge in [-0.25, -0.2) is 14.8 Å². The molecule has 2 N–H and O–H groups in total. The lowest BCUT2D eigenvalue weighted by molar-refractivity contribution is 0.129. The van der Waals surface area contributed by atoms with Gasteiger partial charge < -0.3 is 19.8 Å². The summed E-state index contributed by atoms with van der Waals surface area (Å²) < 4.78 is 7.31. The fraction of sp³-hybridized carbons (Fsp3) is 0.333. The summed E-state index contributed by atoms with van der Waals surface area (Å²) in [5.74, 6) is 1.11. The lowest BCUT2D eigenvalue weighted by Gasteiger charge is -2.29. The molecule has 0 bridgehead atoms. The van der Waals surface area contributed by atoms with Crippen molar-refractivity contribution in [2.24, 2.45) is 0 Å². The summed E-state index contributed by atoms with van der Waals surface area (Å²) in [5.41, 5.74) is 3.33. The number of nitrogens with zero attached hydrogens (tertiary/aromatic N) is 7. The van der Waals surface area contributed by atoms with Crippen LogP contribution in [-0.2, 0) is 0 Å². The summed E-state index contributed by atoms with van der Waals surface area (Å²) in [7, 11) is 0. The largest absolute Gasteiger partial charge is 0.465 e. The van der Waals surface area contributed by atoms with Crippen molar-refractivity contribution in [2.45, 2.75) is 38.6 Å². The molecule has 178 valence electrons. The Kier molecular flexibility index (Phi) is 5.78. The number of piperidine rings is 1. The maximum atomic E-state index is 11.4. The minimum atomic E-state index is -0.911. The highest BCUT2D eigenvalue weighted by molar-refractivity contribution is 5.79. The Labute approximate surface area is 201 Å². The van der Waals surface area contributed by atoms with E-state index in [4.69, 9.17) is 9.78 Å². The molecule has 0 spiro atoms. The Bertz CT molecular complexity index is 1430. The number of hydrogen-bond donors (Lipinski definition) is 2. The second-order valence-corrected chi connectivity index (χ2v) is 8.88. The number of likely N-dealkylation sites (tertiary alicyclic amines) is 1. The number of carbonyl (C=O) groups is 1. The quantitative estimate of drug-likeness (QED) is 0.439. The number of nitrogens with one attached hydrogen (secondary N) is 1. The van der Waals surface area contributed by atoms with Gasteiger partial charge >= 0.3 is 6.09 Å². The van der Waals surface area contributed by atoms with Crippen LogP contribution in [0.3, 0.4) is 0 Å². The molecule has 5 rings (SSSR count). The topological polar surface area (TPSA) is 146 Å². The van der Waals surface area contributed by atoms with E-state index in [9.17, 15) is 9.90 Å². The monoisotopic (exact) mass is 472 g/mol. The van der Waals surface area contributed by atoms with Crippen LogP contribution in [0, 0.1) is 11.3 Å². The molecule has 0 unspecified atom stereocenters. The molecule has 4 aromatic heterocycles. The molecule has 0 aliphatic carbocycles. The molecule has 11 heteroatoms. The van der Waals surface area contributed by atoms with Crippen molar-refractivity contribution in [1.29, 1.82) is 5.26 Å². The van der Waals surface area contributed by atoms with Gasteiger partial charge in [-0.15, -0.1) is 0 Å². The van der Waals surface area contributed by atoms with Gasteiger partial charge in [-0.2, -0.15) is 15.0 Å². The van der Waals surface area contributed by atoms with E-state index in [1.54, 1.807) is 23.1 Å². The Balaban J connectivity index is 1.49. The molecule has 1 atom stereocenters. The highest BCUT2D eigenvalue weighted by atomic mass is 16.5. The Morgan fingerprint density at radius 2 is 2.11 bits per heavy atom. The standard InChI is InChI=1S/C24H24N8O3/c1-14(2)29-20-8-22(32-23-17(11-28-32)6-15(9-25)10-27-23)26-12-18(20)21-7-19(30-35-21)16-4-3-5-31(13-16)24(33)34/h6-8,10-12,14,16H,3-5,13H2,1-2H3,(H,26,29)(H,33,34)/t16-/m1/s1. The number of amides is 1. The smallest absolute Gasteiger partial charge is 0.407 e. The summed E-state index contributed by atoms with van der Waals surface area (Å²) in [6.07, 6.45) is 5.60. The summed E-state index contributed by atoms with van der Waals surface area (Å²) in [5, 5.41) is 31.3. The zero-order valence-corrected chi connectivity index (χ0v) is 19.3. The van der Waals surface area contributed by atoms with Gasteiger partial charge in [0, 0.05) is 55.0 Å². The SMILES string of the molecule is CC(C)Nc1cc(-n2ncc3cc(C#N)cnc32)ncc1-c1cc([C@@H]2CCCN(C(=O)O)C2)no1. The van der Waals surface area contributed by atoms with E-state index in [0.29, 0.717) is 35.9 Å². The molecule has 0 aromatic carbocycles. The molecule has 1 aliphatic heterocycles. The molecule has 1 amide bonds. The molecule has 11 nitrogen and oxygen atoms in total. The van der Waals surface area contributed by atoms with Crippen LogP contribution in [0.2, 0.25) is 0 Å². The van der Waals surface area contributed by atoms with Gasteiger partial charge in [0.05, 0.1) is 28.7 Å². The lowest BCUT2D eigenvalue weighted by Crippen LogP contribution is -2.38. The van der Waals surface area contributed by atoms with Crippen LogP contribution >= 0.6 is 0 Å². The summed E-state index contributed by atoms with van der Waals surface area (Å²) >= 11 is 0. The number of carboxylic acid groups (broad SMARTS) is 1. The van der Waals surface area contributed by atoms with Crippen LogP contribution in [0.4, 0.5) is 10.5 Å².